The third-order valence-corrected chi connectivity index (χ3v) is 3.35. The normalized spacial score (nSPS) is 20.7. The van der Waals surface area contributed by atoms with Gasteiger partial charge < -0.3 is 5.32 Å². The first-order valence-electron chi connectivity index (χ1n) is 5.82. The van der Waals surface area contributed by atoms with E-state index in [-0.39, 0.29) is 0 Å². The van der Waals surface area contributed by atoms with Crippen molar-refractivity contribution in [1.29, 1.82) is 0 Å². The van der Waals surface area contributed by atoms with Crippen molar-refractivity contribution in [3.8, 4) is 0 Å². The molecule has 2 rings (SSSR count). The predicted molar refractivity (Wildman–Crippen MR) is 65.4 cm³/mol. The molecule has 1 aromatic carbocycles. The van der Waals surface area contributed by atoms with Crippen molar-refractivity contribution in [1.82, 2.24) is 5.32 Å². The molecule has 1 heterocycles. The highest BCUT2D eigenvalue weighted by molar-refractivity contribution is 6.30. The van der Waals surface area contributed by atoms with Gasteiger partial charge in [-0.2, -0.15) is 0 Å². The zero-order valence-corrected chi connectivity index (χ0v) is 9.76. The van der Waals surface area contributed by atoms with Gasteiger partial charge in [-0.05, 0) is 56.3 Å². The Morgan fingerprint density at radius 3 is 2.73 bits per heavy atom. The zero-order chi connectivity index (χ0) is 10.5. The highest BCUT2D eigenvalue weighted by Gasteiger charge is 2.12. The fourth-order valence-electron chi connectivity index (χ4n) is 2.21. The number of nitrogens with one attached hydrogen (secondary N) is 1. The van der Waals surface area contributed by atoms with E-state index in [1.54, 1.807) is 0 Å². The van der Waals surface area contributed by atoms with Gasteiger partial charge in [0.2, 0.25) is 0 Å². The molecule has 0 radical (unpaired) electrons. The fourth-order valence-corrected chi connectivity index (χ4v) is 2.33. The van der Waals surface area contributed by atoms with Crippen molar-refractivity contribution in [2.24, 2.45) is 0 Å². The summed E-state index contributed by atoms with van der Waals surface area (Å²) in [6.45, 7) is 1.21. The van der Waals surface area contributed by atoms with Crippen LogP contribution in [0.4, 0.5) is 0 Å². The molecule has 0 saturated carbocycles. The molecule has 2 heteroatoms. The average molecular weight is 224 g/mol. The Morgan fingerprint density at radius 2 is 2.07 bits per heavy atom. The molecule has 1 saturated heterocycles. The maximum Gasteiger partial charge on any atom is 0.0406 e. The highest BCUT2D eigenvalue weighted by atomic mass is 35.5. The topological polar surface area (TPSA) is 12.0 Å². The van der Waals surface area contributed by atoms with E-state index >= 15 is 0 Å². The van der Waals surface area contributed by atoms with Crippen molar-refractivity contribution >= 4 is 11.6 Å². The second-order valence-corrected chi connectivity index (χ2v) is 4.75. The third-order valence-electron chi connectivity index (χ3n) is 3.09. The molecule has 15 heavy (non-hydrogen) atoms. The highest BCUT2D eigenvalue weighted by Crippen LogP contribution is 2.15. The Kier molecular flexibility index (Phi) is 4.04. The lowest BCUT2D eigenvalue weighted by molar-refractivity contribution is 0.536. The maximum absolute atomic E-state index is 5.84. The summed E-state index contributed by atoms with van der Waals surface area (Å²) >= 11 is 5.84. The Balaban J connectivity index is 1.71. The van der Waals surface area contributed by atoms with E-state index in [0.717, 1.165) is 11.1 Å². The Hall–Kier alpha value is -0.530. The summed E-state index contributed by atoms with van der Waals surface area (Å²) < 4.78 is 0. The molecule has 1 aliphatic heterocycles. The van der Waals surface area contributed by atoms with Crippen LogP contribution < -0.4 is 5.32 Å². The van der Waals surface area contributed by atoms with Gasteiger partial charge in [-0.1, -0.05) is 23.7 Å². The Morgan fingerprint density at radius 1 is 1.27 bits per heavy atom. The maximum atomic E-state index is 5.84. The molecule has 0 amide bonds. The number of hydrogen-bond donors (Lipinski definition) is 1. The summed E-state index contributed by atoms with van der Waals surface area (Å²) in [4.78, 5) is 0. The van der Waals surface area contributed by atoms with Crippen LogP contribution in [0.5, 0.6) is 0 Å². The Labute approximate surface area is 96.8 Å². The van der Waals surface area contributed by atoms with E-state index in [1.807, 2.05) is 12.1 Å². The predicted octanol–water partition coefficient (Wildman–Crippen LogP) is 3.41. The van der Waals surface area contributed by atoms with Crippen LogP contribution in [0, 0.1) is 0 Å². The molecular weight excluding hydrogens is 206 g/mol. The first kappa shape index (κ1) is 11.0. The summed E-state index contributed by atoms with van der Waals surface area (Å²) in [5, 5.41) is 4.36. The Bertz CT molecular complexity index is 288. The molecule has 1 aromatic rings. The molecule has 1 fully saturated rings. The monoisotopic (exact) mass is 223 g/mol. The number of rotatable bonds is 4. The average Bonchev–Trinajstić information content (AvgIpc) is 2.74. The number of aryl methyl sites for hydroxylation is 1. The van der Waals surface area contributed by atoms with Gasteiger partial charge in [0.25, 0.3) is 0 Å². The molecule has 0 spiro atoms. The smallest absolute Gasteiger partial charge is 0.0406 e. The fraction of sp³-hybridized carbons (Fsp3) is 0.538. The lowest BCUT2D eigenvalue weighted by atomic mass is 10.0. The molecule has 1 N–H and O–H groups in total. The molecule has 1 unspecified atom stereocenters. The first-order valence-corrected chi connectivity index (χ1v) is 6.20. The summed E-state index contributed by atoms with van der Waals surface area (Å²) in [6.07, 6.45) is 6.48. The van der Waals surface area contributed by atoms with Crippen molar-refractivity contribution in [2.45, 2.75) is 38.1 Å². The van der Waals surface area contributed by atoms with Crippen LogP contribution in [0.3, 0.4) is 0 Å². The van der Waals surface area contributed by atoms with Crippen LogP contribution >= 0.6 is 11.6 Å². The van der Waals surface area contributed by atoms with Gasteiger partial charge in [0.05, 0.1) is 0 Å². The summed E-state index contributed by atoms with van der Waals surface area (Å²) in [6, 6.07) is 8.99. The lowest BCUT2D eigenvalue weighted by Crippen LogP contribution is -2.20. The minimum Gasteiger partial charge on any atom is -0.314 e. The lowest BCUT2D eigenvalue weighted by Gasteiger charge is -2.09. The van der Waals surface area contributed by atoms with Gasteiger partial charge >= 0.3 is 0 Å². The van der Waals surface area contributed by atoms with Crippen LogP contribution in [0.2, 0.25) is 5.02 Å². The van der Waals surface area contributed by atoms with Crippen LogP contribution in [-0.4, -0.2) is 12.6 Å². The van der Waals surface area contributed by atoms with Gasteiger partial charge in [-0.15, -0.1) is 0 Å². The molecule has 1 aliphatic rings. The van der Waals surface area contributed by atoms with Gasteiger partial charge in [-0.25, -0.2) is 0 Å². The van der Waals surface area contributed by atoms with E-state index in [1.165, 1.54) is 44.2 Å². The third kappa shape index (κ3) is 3.51. The van der Waals surface area contributed by atoms with E-state index in [9.17, 15) is 0 Å². The van der Waals surface area contributed by atoms with E-state index in [0.29, 0.717) is 0 Å². The molecule has 0 aliphatic carbocycles. The van der Waals surface area contributed by atoms with Crippen LogP contribution in [0.15, 0.2) is 24.3 Å². The number of halogens is 1. The van der Waals surface area contributed by atoms with Gasteiger partial charge in [0.15, 0.2) is 0 Å². The minimum absolute atomic E-state index is 0.775. The van der Waals surface area contributed by atoms with Crippen LogP contribution in [0.25, 0.3) is 0 Å². The summed E-state index contributed by atoms with van der Waals surface area (Å²) in [5.41, 5.74) is 1.40. The van der Waals surface area contributed by atoms with E-state index < -0.39 is 0 Å². The van der Waals surface area contributed by atoms with Crippen molar-refractivity contribution < 1.29 is 0 Å². The molecule has 1 nitrogen and oxygen atoms in total. The first-order chi connectivity index (χ1) is 7.34. The summed E-state index contributed by atoms with van der Waals surface area (Å²) in [5.74, 6) is 0. The second-order valence-electron chi connectivity index (χ2n) is 4.31. The van der Waals surface area contributed by atoms with Gasteiger partial charge in [-0.3, -0.25) is 0 Å². The van der Waals surface area contributed by atoms with Gasteiger partial charge in [0.1, 0.15) is 0 Å². The van der Waals surface area contributed by atoms with Crippen molar-refractivity contribution in [2.75, 3.05) is 6.54 Å². The van der Waals surface area contributed by atoms with Crippen molar-refractivity contribution in [3.63, 3.8) is 0 Å². The molecule has 0 aromatic heterocycles. The number of hydrogen-bond acceptors (Lipinski definition) is 1. The quantitative estimate of drug-likeness (QED) is 0.825. The number of benzene rings is 1. The summed E-state index contributed by atoms with van der Waals surface area (Å²) in [7, 11) is 0. The largest absolute Gasteiger partial charge is 0.314 e. The van der Waals surface area contributed by atoms with Crippen molar-refractivity contribution in [3.05, 3.63) is 34.9 Å². The molecule has 82 valence electrons. The molecule has 1 atom stereocenters. The SMILES string of the molecule is Clc1ccc(CCCC2CCCN2)cc1. The molecule has 0 bridgehead atoms. The molecular formula is C13H18ClN. The van der Waals surface area contributed by atoms with E-state index in [2.05, 4.69) is 17.4 Å². The second kappa shape index (κ2) is 5.53. The van der Waals surface area contributed by atoms with Crippen LogP contribution in [-0.2, 0) is 6.42 Å². The van der Waals surface area contributed by atoms with Gasteiger partial charge in [0, 0.05) is 11.1 Å². The van der Waals surface area contributed by atoms with Crippen LogP contribution in [0.1, 0.15) is 31.2 Å². The minimum atomic E-state index is 0.775. The standard InChI is InChI=1S/C13H18ClN/c14-12-8-6-11(7-9-12)3-1-4-13-5-2-10-15-13/h6-9,13,15H,1-5,10H2. The van der Waals surface area contributed by atoms with E-state index in [4.69, 9.17) is 11.6 Å². The zero-order valence-electron chi connectivity index (χ0n) is 9.01.